The van der Waals surface area contributed by atoms with E-state index in [4.69, 9.17) is 46.9 Å². The topological polar surface area (TPSA) is 401 Å². The van der Waals surface area contributed by atoms with Crippen LogP contribution in [-0.2, 0) is 38.0 Å². The zero-order valence-electron chi connectivity index (χ0n) is 56.3. The first-order valence-electron chi connectivity index (χ1n) is 29.5. The highest BCUT2D eigenvalue weighted by atomic mass is 16.6. The largest absolute Gasteiger partial charge is 0.444 e. The number of esters is 2. The maximum absolute atomic E-state index is 14.9. The molecular weight excluding hydrogens is 1190 g/mol. The summed E-state index contributed by atoms with van der Waals surface area (Å²) in [4.78, 5) is 135. The molecular formula is C60H92N12O19. The standard InChI is InChI=1S/C60H92N12O19/c1-23-61-44(73)41-40(43-64-33(4)90-72-43)42(91-71-41)35-30-34(32(2)3)38(82-45(74)36(65-49(76)84-55(5,6)7)26-24-28-62-47(67-51(78)86-57(11,12)13)68-52(79)87-58(14,15)16)31-39(35)83-46(75)37(66-50(77)85-56(8,9)10)27-25-29-63-48(69-53(80)88-59(17,18)19)70-54(81)89-60(20,21)22/h30-32,36-37H,23-29H2,1-22H3,(H,61,73)(H,65,76)(H,66,77)(H2,62,67,68,78,79)(H2,63,69,70,80,81)/t36-,37?/m0/s1. The highest BCUT2D eigenvalue weighted by Gasteiger charge is 2.35. The molecule has 0 aliphatic carbocycles. The molecule has 31 nitrogen and oxygen atoms in total. The van der Waals surface area contributed by atoms with Crippen molar-refractivity contribution in [3.8, 4) is 34.2 Å². The number of ether oxygens (including phenoxy) is 8. The molecule has 7 amide bonds. The van der Waals surface area contributed by atoms with E-state index in [2.05, 4.69) is 62.5 Å². The molecule has 2 atom stereocenters. The molecule has 1 aromatic carbocycles. The predicted octanol–water partition coefficient (Wildman–Crippen LogP) is 9.54. The number of aromatic nitrogens is 3. The second-order valence-corrected chi connectivity index (χ2v) is 26.8. The van der Waals surface area contributed by atoms with Crippen molar-refractivity contribution in [2.75, 3.05) is 19.6 Å². The van der Waals surface area contributed by atoms with Crippen LogP contribution in [0.25, 0.3) is 22.7 Å². The first-order valence-corrected chi connectivity index (χ1v) is 29.5. The van der Waals surface area contributed by atoms with Gasteiger partial charge in [-0.25, -0.2) is 38.4 Å². The minimum absolute atomic E-state index is 0.0131. The van der Waals surface area contributed by atoms with Crippen LogP contribution in [0, 0.1) is 6.92 Å². The van der Waals surface area contributed by atoms with Crippen LogP contribution < -0.4 is 46.7 Å². The van der Waals surface area contributed by atoms with Crippen LogP contribution in [0.5, 0.6) is 11.5 Å². The van der Waals surface area contributed by atoms with Crippen molar-refractivity contribution in [3.63, 3.8) is 0 Å². The lowest BCUT2D eigenvalue weighted by molar-refractivity contribution is -0.137. The quantitative estimate of drug-likeness (QED) is 0.0147. The van der Waals surface area contributed by atoms with Crippen LogP contribution in [0.2, 0.25) is 0 Å². The number of aliphatic imine (C=N–C) groups is 2. The Hall–Kier alpha value is -9.06. The Bertz CT molecular complexity index is 3060. The fourth-order valence-electron chi connectivity index (χ4n) is 7.41. The number of nitrogens with zero attached hydrogens (tertiary/aromatic N) is 5. The molecule has 3 aromatic rings. The first-order chi connectivity index (χ1) is 41.7. The number of nitrogens with one attached hydrogen (secondary N) is 7. The molecule has 0 fully saturated rings. The van der Waals surface area contributed by atoms with Crippen molar-refractivity contribution in [2.24, 2.45) is 9.98 Å². The van der Waals surface area contributed by atoms with Crippen molar-refractivity contribution in [1.29, 1.82) is 0 Å². The van der Waals surface area contributed by atoms with E-state index in [1.165, 1.54) is 19.1 Å². The van der Waals surface area contributed by atoms with Gasteiger partial charge in [0.15, 0.2) is 11.5 Å². The van der Waals surface area contributed by atoms with Gasteiger partial charge in [0.25, 0.3) is 5.91 Å². The molecule has 506 valence electrons. The molecule has 1 unspecified atom stereocenters. The zero-order valence-corrected chi connectivity index (χ0v) is 56.3. The minimum Gasteiger partial charge on any atom is -0.444 e. The van der Waals surface area contributed by atoms with E-state index in [1.807, 2.05) is 0 Å². The fraction of sp³-hybridized carbons (Fsp3) is 0.633. The summed E-state index contributed by atoms with van der Waals surface area (Å²) in [6, 6.07) is -0.447. The third-order valence-electron chi connectivity index (χ3n) is 10.7. The van der Waals surface area contributed by atoms with Gasteiger partial charge in [0.2, 0.25) is 23.6 Å². The highest BCUT2D eigenvalue weighted by Crippen LogP contribution is 2.44. The summed E-state index contributed by atoms with van der Waals surface area (Å²) >= 11 is 0. The number of hydrogen-bond acceptors (Lipinski definition) is 24. The molecule has 7 N–H and O–H groups in total. The Morgan fingerprint density at radius 1 is 0.516 bits per heavy atom. The van der Waals surface area contributed by atoms with Crippen LogP contribution in [0.3, 0.4) is 0 Å². The summed E-state index contributed by atoms with van der Waals surface area (Å²) < 4.78 is 56.1. The van der Waals surface area contributed by atoms with Crippen LogP contribution >= 0.6 is 0 Å². The summed E-state index contributed by atoms with van der Waals surface area (Å²) in [6.45, 7) is 35.7. The van der Waals surface area contributed by atoms with Gasteiger partial charge in [-0.1, -0.05) is 24.2 Å². The number of aryl methyl sites for hydroxylation is 1. The summed E-state index contributed by atoms with van der Waals surface area (Å²) in [6.07, 6.45) is -6.37. The number of carbonyl (C=O) groups excluding carboxylic acids is 9. The Labute approximate surface area is 530 Å². The summed E-state index contributed by atoms with van der Waals surface area (Å²) in [5.41, 5.74) is -6.04. The van der Waals surface area contributed by atoms with E-state index in [0.717, 1.165) is 0 Å². The molecule has 2 heterocycles. The summed E-state index contributed by atoms with van der Waals surface area (Å²) in [5, 5.41) is 25.4. The minimum atomic E-state index is -1.57. The van der Waals surface area contributed by atoms with Crippen molar-refractivity contribution < 1.29 is 90.1 Å². The van der Waals surface area contributed by atoms with Crippen LogP contribution in [0.15, 0.2) is 31.2 Å². The zero-order chi connectivity index (χ0) is 69.2. The molecule has 3 rings (SSSR count). The Morgan fingerprint density at radius 3 is 1.23 bits per heavy atom. The Morgan fingerprint density at radius 2 is 0.890 bits per heavy atom. The molecule has 0 aliphatic heterocycles. The molecule has 0 saturated carbocycles. The number of guanidine groups is 2. The fourth-order valence-corrected chi connectivity index (χ4v) is 7.41. The maximum Gasteiger partial charge on any atom is 0.414 e. The van der Waals surface area contributed by atoms with Gasteiger partial charge in [-0.3, -0.25) is 36.0 Å². The third-order valence-corrected chi connectivity index (χ3v) is 10.7. The van der Waals surface area contributed by atoms with Gasteiger partial charge in [0.05, 0.1) is 5.56 Å². The monoisotopic (exact) mass is 1280 g/mol. The lowest BCUT2D eigenvalue weighted by Gasteiger charge is -2.24. The van der Waals surface area contributed by atoms with Gasteiger partial charge >= 0.3 is 48.5 Å². The molecule has 0 radical (unpaired) electrons. The lowest BCUT2D eigenvalue weighted by atomic mass is 9.95. The van der Waals surface area contributed by atoms with E-state index in [-0.39, 0.29) is 103 Å². The number of hydrogen-bond donors (Lipinski definition) is 7. The predicted molar refractivity (Wildman–Crippen MR) is 330 cm³/mol. The average Bonchev–Trinajstić information content (AvgIpc) is 1.70. The van der Waals surface area contributed by atoms with E-state index < -0.39 is 112 Å². The molecule has 0 saturated heterocycles. The highest BCUT2D eigenvalue weighted by molar-refractivity contribution is 6.03. The van der Waals surface area contributed by atoms with E-state index in [9.17, 15) is 43.2 Å². The molecule has 0 aliphatic rings. The lowest BCUT2D eigenvalue weighted by Crippen LogP contribution is -2.47. The van der Waals surface area contributed by atoms with E-state index >= 15 is 0 Å². The average molecular weight is 1290 g/mol. The summed E-state index contributed by atoms with van der Waals surface area (Å²) in [7, 11) is 0. The van der Waals surface area contributed by atoms with Gasteiger partial charge in [0, 0.05) is 32.6 Å². The van der Waals surface area contributed by atoms with E-state index in [0.29, 0.717) is 0 Å². The second kappa shape index (κ2) is 32.1. The first kappa shape index (κ1) is 76.2. The molecule has 0 spiro atoms. The molecule has 31 heteroatoms. The van der Waals surface area contributed by atoms with Gasteiger partial charge < -0.3 is 62.9 Å². The maximum atomic E-state index is 14.9. The third kappa shape index (κ3) is 29.0. The number of amides is 7. The van der Waals surface area contributed by atoms with Crippen molar-refractivity contribution >= 4 is 66.3 Å². The SMILES string of the molecule is CCNC(=O)c1noc(-c2cc(C(C)C)c(OC(=O)[C@H](CCCN=C(NC(=O)OC(C)(C)C)NC(=O)OC(C)(C)C)NC(=O)OC(C)(C)C)cc2OC(=O)C(CCCN=C(NC(=O)OC(C)(C)C)NC(=O)OC(C)(C)C)NC(=O)OC(C)(C)C)c1-c1noc(C)n1. The molecule has 2 aromatic heterocycles. The number of rotatable bonds is 19. The number of benzene rings is 1. The second-order valence-electron chi connectivity index (χ2n) is 26.8. The smallest absolute Gasteiger partial charge is 0.414 e. The van der Waals surface area contributed by atoms with Gasteiger partial charge in [-0.15, -0.1) is 0 Å². The Kier molecular flexibility index (Phi) is 26.9. The molecule has 0 bridgehead atoms. The van der Waals surface area contributed by atoms with Crippen molar-refractivity contribution in [1.82, 2.24) is 52.5 Å². The summed E-state index contributed by atoms with van der Waals surface area (Å²) in [5.74, 6) is -5.09. The molecule has 91 heavy (non-hydrogen) atoms. The van der Waals surface area contributed by atoms with Crippen molar-refractivity contribution in [3.05, 3.63) is 29.3 Å². The van der Waals surface area contributed by atoms with Crippen LogP contribution in [0.4, 0.5) is 28.8 Å². The van der Waals surface area contributed by atoms with Crippen LogP contribution in [-0.4, -0.2) is 147 Å². The number of carbonyl (C=O) groups is 9. The van der Waals surface area contributed by atoms with Gasteiger partial charge in [-0.05, 0) is 175 Å². The van der Waals surface area contributed by atoms with Gasteiger partial charge in [0.1, 0.15) is 62.8 Å². The van der Waals surface area contributed by atoms with Crippen LogP contribution in [0.1, 0.15) is 199 Å². The normalized spacial score (nSPS) is 12.6. The van der Waals surface area contributed by atoms with Gasteiger partial charge in [-0.2, -0.15) is 4.98 Å². The number of alkyl carbamates (subject to hydrolysis) is 6. The Balaban J connectivity index is 2.30. The van der Waals surface area contributed by atoms with E-state index in [1.54, 1.807) is 145 Å². The van der Waals surface area contributed by atoms with Crippen molar-refractivity contribution in [2.45, 2.75) is 230 Å².